The lowest BCUT2D eigenvalue weighted by Gasteiger charge is -2.26. The van der Waals surface area contributed by atoms with Crippen molar-refractivity contribution in [2.45, 2.75) is 6.42 Å². The number of nitriles is 1. The first-order valence-corrected chi connectivity index (χ1v) is 4.19. The molecule has 0 aromatic heterocycles. The molecule has 1 heterocycles. The maximum Gasteiger partial charge on any atom is 0.0979 e. The molecular formula is C8H12ClN3. The summed E-state index contributed by atoms with van der Waals surface area (Å²) in [5.41, 5.74) is 1.88. The standard InChI is InChI=1S/C8H12ClN3/c1-11(2)8-3-4-12(9)6-7(8)5-10/h3-4,6H2,1-2H3. The van der Waals surface area contributed by atoms with Crippen LogP contribution in [0.3, 0.4) is 0 Å². The summed E-state index contributed by atoms with van der Waals surface area (Å²) in [7, 11) is 3.91. The molecule has 0 amide bonds. The van der Waals surface area contributed by atoms with Crippen molar-refractivity contribution in [1.82, 2.24) is 9.32 Å². The van der Waals surface area contributed by atoms with Crippen LogP contribution in [0.5, 0.6) is 0 Å². The Bertz CT molecular complexity index is 239. The zero-order chi connectivity index (χ0) is 9.14. The Morgan fingerprint density at radius 2 is 2.25 bits per heavy atom. The molecule has 0 atom stereocenters. The molecule has 0 spiro atoms. The molecule has 1 aliphatic rings. The van der Waals surface area contributed by atoms with Gasteiger partial charge in [0.1, 0.15) is 0 Å². The van der Waals surface area contributed by atoms with Gasteiger partial charge in [-0.05, 0) is 11.8 Å². The van der Waals surface area contributed by atoms with E-state index in [9.17, 15) is 0 Å². The molecule has 0 aromatic carbocycles. The lowest BCUT2D eigenvalue weighted by Crippen LogP contribution is -2.28. The van der Waals surface area contributed by atoms with Crippen LogP contribution in [0.15, 0.2) is 11.3 Å². The molecule has 12 heavy (non-hydrogen) atoms. The molecule has 0 N–H and O–H groups in total. The van der Waals surface area contributed by atoms with E-state index >= 15 is 0 Å². The smallest absolute Gasteiger partial charge is 0.0979 e. The minimum Gasteiger partial charge on any atom is -0.380 e. The van der Waals surface area contributed by atoms with Crippen LogP contribution in [-0.2, 0) is 0 Å². The van der Waals surface area contributed by atoms with Crippen LogP contribution in [0.1, 0.15) is 6.42 Å². The molecule has 0 radical (unpaired) electrons. The Balaban J connectivity index is 2.86. The zero-order valence-corrected chi connectivity index (χ0v) is 8.10. The first kappa shape index (κ1) is 9.37. The summed E-state index contributed by atoms with van der Waals surface area (Å²) in [6.45, 7) is 1.38. The highest BCUT2D eigenvalue weighted by Crippen LogP contribution is 2.19. The van der Waals surface area contributed by atoms with Gasteiger partial charge in [0.2, 0.25) is 0 Å². The second-order valence-corrected chi connectivity index (χ2v) is 3.50. The Kier molecular flexibility index (Phi) is 2.96. The van der Waals surface area contributed by atoms with E-state index in [-0.39, 0.29) is 0 Å². The highest BCUT2D eigenvalue weighted by Gasteiger charge is 2.18. The van der Waals surface area contributed by atoms with Crippen LogP contribution in [0.25, 0.3) is 0 Å². The SMILES string of the molecule is CN(C)C1=C(C#N)CN(Cl)CC1. The van der Waals surface area contributed by atoms with Gasteiger partial charge in [0.05, 0.1) is 18.2 Å². The fourth-order valence-corrected chi connectivity index (χ4v) is 1.52. The molecule has 0 saturated carbocycles. The summed E-state index contributed by atoms with van der Waals surface area (Å²) in [5.74, 6) is 0. The topological polar surface area (TPSA) is 30.3 Å². The van der Waals surface area contributed by atoms with Crippen molar-refractivity contribution in [2.75, 3.05) is 27.2 Å². The monoisotopic (exact) mass is 185 g/mol. The minimum atomic E-state index is 0.561. The largest absolute Gasteiger partial charge is 0.380 e. The summed E-state index contributed by atoms with van der Waals surface area (Å²) in [4.78, 5) is 1.99. The van der Waals surface area contributed by atoms with Gasteiger partial charge in [-0.15, -0.1) is 0 Å². The van der Waals surface area contributed by atoms with Crippen molar-refractivity contribution in [3.63, 3.8) is 0 Å². The van der Waals surface area contributed by atoms with Crippen molar-refractivity contribution in [3.8, 4) is 6.07 Å². The highest BCUT2D eigenvalue weighted by molar-refractivity contribution is 6.13. The molecule has 0 aliphatic carbocycles. The lowest BCUT2D eigenvalue weighted by molar-refractivity contribution is 0.398. The first-order chi connectivity index (χ1) is 5.65. The molecule has 1 aliphatic heterocycles. The molecule has 0 saturated heterocycles. The Labute approximate surface area is 77.9 Å². The van der Waals surface area contributed by atoms with E-state index in [0.717, 1.165) is 24.2 Å². The molecule has 66 valence electrons. The molecule has 0 aromatic rings. The van der Waals surface area contributed by atoms with Gasteiger partial charge in [-0.3, -0.25) is 0 Å². The summed E-state index contributed by atoms with van der Waals surface area (Å²) in [6, 6.07) is 2.18. The van der Waals surface area contributed by atoms with Crippen molar-refractivity contribution in [1.29, 1.82) is 5.26 Å². The third-order valence-corrected chi connectivity index (χ3v) is 2.23. The average Bonchev–Trinajstić information content (AvgIpc) is 2.03. The van der Waals surface area contributed by atoms with Gasteiger partial charge in [0, 0.05) is 32.8 Å². The second-order valence-electron chi connectivity index (χ2n) is 3.03. The van der Waals surface area contributed by atoms with E-state index in [1.54, 1.807) is 4.42 Å². The van der Waals surface area contributed by atoms with Gasteiger partial charge >= 0.3 is 0 Å². The van der Waals surface area contributed by atoms with Gasteiger partial charge in [-0.1, -0.05) is 0 Å². The molecule has 0 unspecified atom stereocenters. The first-order valence-electron chi connectivity index (χ1n) is 3.85. The van der Waals surface area contributed by atoms with Crippen LogP contribution < -0.4 is 0 Å². The highest BCUT2D eigenvalue weighted by atomic mass is 35.5. The van der Waals surface area contributed by atoms with Crippen molar-refractivity contribution < 1.29 is 0 Å². The summed E-state index contributed by atoms with van der Waals surface area (Å²) in [6.07, 6.45) is 0.861. The minimum absolute atomic E-state index is 0.561. The van der Waals surface area contributed by atoms with E-state index < -0.39 is 0 Å². The maximum atomic E-state index is 8.81. The van der Waals surface area contributed by atoms with Crippen LogP contribution in [-0.4, -0.2) is 36.5 Å². The molecule has 1 rings (SSSR count). The second kappa shape index (κ2) is 3.79. The molecule has 4 heteroatoms. The predicted octanol–water partition coefficient (Wildman–Crippen LogP) is 1.19. The third-order valence-electron chi connectivity index (χ3n) is 1.94. The van der Waals surface area contributed by atoms with E-state index in [0.29, 0.717) is 6.54 Å². The number of hydrogen-bond acceptors (Lipinski definition) is 3. The normalized spacial score (nSPS) is 19.2. The zero-order valence-electron chi connectivity index (χ0n) is 7.34. The summed E-state index contributed by atoms with van der Waals surface area (Å²) < 4.78 is 1.64. The van der Waals surface area contributed by atoms with Crippen LogP contribution in [0.4, 0.5) is 0 Å². The number of rotatable bonds is 1. The van der Waals surface area contributed by atoms with Gasteiger partial charge in [-0.2, -0.15) is 5.26 Å². The van der Waals surface area contributed by atoms with E-state index in [4.69, 9.17) is 17.0 Å². The molecule has 0 fully saturated rings. The predicted molar refractivity (Wildman–Crippen MR) is 48.4 cm³/mol. The third kappa shape index (κ3) is 1.90. The van der Waals surface area contributed by atoms with E-state index in [2.05, 4.69) is 6.07 Å². The molecule has 3 nitrogen and oxygen atoms in total. The van der Waals surface area contributed by atoms with Crippen molar-refractivity contribution in [3.05, 3.63) is 11.3 Å². The molecular weight excluding hydrogens is 174 g/mol. The van der Waals surface area contributed by atoms with Gasteiger partial charge < -0.3 is 4.90 Å². The quantitative estimate of drug-likeness (QED) is 0.575. The average molecular weight is 186 g/mol. The lowest BCUT2D eigenvalue weighted by atomic mass is 10.1. The molecule has 0 bridgehead atoms. The van der Waals surface area contributed by atoms with E-state index in [1.165, 1.54) is 0 Å². The summed E-state index contributed by atoms with van der Waals surface area (Å²) >= 11 is 5.79. The Morgan fingerprint density at radius 3 is 2.75 bits per heavy atom. The van der Waals surface area contributed by atoms with Gasteiger partial charge in [0.15, 0.2) is 0 Å². The van der Waals surface area contributed by atoms with Crippen LogP contribution >= 0.6 is 11.8 Å². The van der Waals surface area contributed by atoms with Crippen molar-refractivity contribution in [2.24, 2.45) is 0 Å². The number of halogens is 1. The number of nitrogens with zero attached hydrogens (tertiary/aromatic N) is 3. The summed E-state index contributed by atoms with van der Waals surface area (Å²) in [5, 5.41) is 8.81. The van der Waals surface area contributed by atoms with Gasteiger partial charge in [-0.25, -0.2) is 4.42 Å². The van der Waals surface area contributed by atoms with Crippen LogP contribution in [0, 0.1) is 11.3 Å². The fourth-order valence-electron chi connectivity index (χ4n) is 1.31. The Hall–Kier alpha value is -0.720. The maximum absolute atomic E-state index is 8.81. The van der Waals surface area contributed by atoms with Gasteiger partial charge in [0.25, 0.3) is 0 Å². The Morgan fingerprint density at radius 1 is 1.58 bits per heavy atom. The van der Waals surface area contributed by atoms with E-state index in [1.807, 2.05) is 19.0 Å². The van der Waals surface area contributed by atoms with Crippen molar-refractivity contribution >= 4 is 11.8 Å². The fraction of sp³-hybridized carbons (Fsp3) is 0.625. The van der Waals surface area contributed by atoms with Crippen LogP contribution in [0.2, 0.25) is 0 Å². The number of hydrogen-bond donors (Lipinski definition) is 0.